The van der Waals surface area contributed by atoms with Crippen molar-refractivity contribution in [2.45, 2.75) is 18.9 Å². The lowest BCUT2D eigenvalue weighted by Gasteiger charge is -2.11. The van der Waals surface area contributed by atoms with Gasteiger partial charge in [0, 0.05) is 17.0 Å². The molecule has 3 heterocycles. The number of pyridine rings is 1. The van der Waals surface area contributed by atoms with Crippen LogP contribution >= 0.6 is 11.3 Å². The van der Waals surface area contributed by atoms with E-state index in [4.69, 9.17) is 0 Å². The Morgan fingerprint density at radius 1 is 0.969 bits per heavy atom. The van der Waals surface area contributed by atoms with Gasteiger partial charge in [-0.2, -0.15) is 0 Å². The van der Waals surface area contributed by atoms with Crippen LogP contribution in [0.2, 0.25) is 0 Å². The van der Waals surface area contributed by atoms with Gasteiger partial charge in [-0.3, -0.25) is 19.0 Å². The number of para-hydroxylation sites is 1. The van der Waals surface area contributed by atoms with E-state index in [1.165, 1.54) is 17.4 Å². The second-order valence-corrected chi connectivity index (χ2v) is 8.70. The van der Waals surface area contributed by atoms with Gasteiger partial charge in [0.2, 0.25) is 5.91 Å². The Morgan fingerprint density at radius 2 is 1.69 bits per heavy atom. The second kappa shape index (κ2) is 8.53. The summed E-state index contributed by atoms with van der Waals surface area (Å²) >= 11 is 1.25. The molecule has 0 unspecified atom stereocenters. The Kier molecular flexibility index (Phi) is 5.43. The van der Waals surface area contributed by atoms with Crippen LogP contribution in [0.3, 0.4) is 0 Å². The molecular weight excluding hydrogens is 422 g/mol. The van der Waals surface area contributed by atoms with E-state index in [0.717, 1.165) is 19.4 Å². The number of hydrogen-bond donors (Lipinski definition) is 2. The first-order valence-corrected chi connectivity index (χ1v) is 11.3. The smallest absolute Gasteiger partial charge is 0.256 e. The molecule has 0 bridgehead atoms. The minimum Gasteiger partial charge on any atom is -0.316 e. The molecule has 5 rings (SSSR count). The van der Waals surface area contributed by atoms with E-state index in [1.54, 1.807) is 22.8 Å². The van der Waals surface area contributed by atoms with Crippen LogP contribution in [0.15, 0.2) is 77.6 Å². The number of carbonyl (C=O) groups excluding carboxylic acids is 2. The van der Waals surface area contributed by atoms with Crippen LogP contribution in [0.25, 0.3) is 15.9 Å². The summed E-state index contributed by atoms with van der Waals surface area (Å²) in [6.07, 6.45) is 1.70. The third-order valence-electron chi connectivity index (χ3n) is 5.63. The standard InChI is InChI=1S/C25H21N3O3S/c29-20-14-13-18-21(22(30)16-8-3-1-4-9-16)24(27-23(31)19-12-7-15-26-19)32-25(18)28(20)17-10-5-2-6-11-17/h1-6,8-11,13-14,19,26H,7,12,15H2,(H,27,31)/t19-/m1/s1. The highest BCUT2D eigenvalue weighted by molar-refractivity contribution is 7.23. The average molecular weight is 444 g/mol. The molecule has 1 fully saturated rings. The molecule has 1 aliphatic heterocycles. The first-order valence-electron chi connectivity index (χ1n) is 10.5. The van der Waals surface area contributed by atoms with E-state index in [-0.39, 0.29) is 23.3 Å². The summed E-state index contributed by atoms with van der Waals surface area (Å²) in [5, 5.41) is 7.26. The van der Waals surface area contributed by atoms with Crippen molar-refractivity contribution in [3.05, 3.63) is 94.3 Å². The van der Waals surface area contributed by atoms with Crippen LogP contribution in [0, 0.1) is 0 Å². The van der Waals surface area contributed by atoms with Crippen LogP contribution in [-0.4, -0.2) is 28.8 Å². The number of amides is 1. The molecule has 7 heteroatoms. The lowest BCUT2D eigenvalue weighted by molar-refractivity contribution is -0.117. The molecular formula is C25H21N3O3S. The van der Waals surface area contributed by atoms with Crippen LogP contribution in [0.1, 0.15) is 28.8 Å². The zero-order chi connectivity index (χ0) is 22.1. The van der Waals surface area contributed by atoms with Crippen molar-refractivity contribution >= 4 is 38.2 Å². The van der Waals surface area contributed by atoms with E-state index in [2.05, 4.69) is 10.6 Å². The molecule has 4 aromatic rings. The van der Waals surface area contributed by atoms with Crippen molar-refractivity contribution in [2.24, 2.45) is 0 Å². The molecule has 0 aliphatic carbocycles. The van der Waals surface area contributed by atoms with Gasteiger partial charge in [0.15, 0.2) is 5.78 Å². The maximum Gasteiger partial charge on any atom is 0.256 e. The molecule has 0 saturated carbocycles. The third-order valence-corrected chi connectivity index (χ3v) is 6.74. The second-order valence-electron chi connectivity index (χ2n) is 7.70. The highest BCUT2D eigenvalue weighted by atomic mass is 32.1. The molecule has 6 nitrogen and oxygen atoms in total. The molecule has 1 amide bonds. The van der Waals surface area contributed by atoms with Crippen molar-refractivity contribution in [3.63, 3.8) is 0 Å². The number of aromatic nitrogens is 1. The van der Waals surface area contributed by atoms with Gasteiger partial charge < -0.3 is 10.6 Å². The summed E-state index contributed by atoms with van der Waals surface area (Å²) in [6, 6.07) is 21.1. The Bertz CT molecular complexity index is 1350. The molecule has 0 radical (unpaired) electrons. The fraction of sp³-hybridized carbons (Fsp3) is 0.160. The number of nitrogens with one attached hydrogen (secondary N) is 2. The Labute approximate surface area is 188 Å². The molecule has 160 valence electrons. The van der Waals surface area contributed by atoms with Crippen molar-refractivity contribution in [1.82, 2.24) is 9.88 Å². The predicted octanol–water partition coefficient (Wildman–Crippen LogP) is 3.97. The van der Waals surface area contributed by atoms with E-state index < -0.39 is 0 Å². The van der Waals surface area contributed by atoms with Crippen molar-refractivity contribution in [2.75, 3.05) is 11.9 Å². The summed E-state index contributed by atoms with van der Waals surface area (Å²) in [6.45, 7) is 0.799. The Balaban J connectivity index is 1.70. The third kappa shape index (κ3) is 3.66. The molecule has 2 N–H and O–H groups in total. The number of anilines is 1. The molecule has 1 aliphatic rings. The van der Waals surface area contributed by atoms with Crippen molar-refractivity contribution in [1.29, 1.82) is 0 Å². The zero-order valence-electron chi connectivity index (χ0n) is 17.2. The number of benzene rings is 2. The molecule has 0 spiro atoms. The van der Waals surface area contributed by atoms with Crippen LogP contribution in [0.5, 0.6) is 0 Å². The van der Waals surface area contributed by atoms with Gasteiger partial charge in [-0.25, -0.2) is 0 Å². The van der Waals surface area contributed by atoms with E-state index in [1.807, 2.05) is 48.5 Å². The van der Waals surface area contributed by atoms with Gasteiger partial charge in [0.25, 0.3) is 5.56 Å². The zero-order valence-corrected chi connectivity index (χ0v) is 18.0. The van der Waals surface area contributed by atoms with Crippen LogP contribution in [0.4, 0.5) is 5.00 Å². The van der Waals surface area contributed by atoms with Gasteiger partial charge in [0.1, 0.15) is 9.83 Å². The number of nitrogens with zero attached hydrogens (tertiary/aromatic N) is 1. The SMILES string of the molecule is O=C(c1ccccc1)c1c(NC(=O)[C@H]2CCCN2)sc2c1ccc(=O)n2-c1ccccc1. The number of thiophene rings is 1. The topological polar surface area (TPSA) is 80.2 Å². The van der Waals surface area contributed by atoms with E-state index in [9.17, 15) is 14.4 Å². The van der Waals surface area contributed by atoms with Gasteiger partial charge in [-0.15, -0.1) is 0 Å². The summed E-state index contributed by atoms with van der Waals surface area (Å²) in [5.74, 6) is -0.352. The number of rotatable bonds is 5. The summed E-state index contributed by atoms with van der Waals surface area (Å²) in [7, 11) is 0. The maximum absolute atomic E-state index is 13.5. The lowest BCUT2D eigenvalue weighted by Crippen LogP contribution is -2.35. The molecule has 2 aromatic carbocycles. The average Bonchev–Trinajstić information content (AvgIpc) is 3.48. The van der Waals surface area contributed by atoms with Gasteiger partial charge in [-0.1, -0.05) is 59.9 Å². The van der Waals surface area contributed by atoms with E-state index in [0.29, 0.717) is 32.0 Å². The minimum atomic E-state index is -0.281. The van der Waals surface area contributed by atoms with Crippen molar-refractivity contribution < 1.29 is 9.59 Å². The van der Waals surface area contributed by atoms with E-state index >= 15 is 0 Å². The minimum absolute atomic E-state index is 0.162. The van der Waals surface area contributed by atoms with Crippen molar-refractivity contribution in [3.8, 4) is 5.69 Å². The number of fused-ring (bicyclic) bond motifs is 1. The first kappa shape index (κ1) is 20.4. The molecule has 32 heavy (non-hydrogen) atoms. The number of ketones is 1. The predicted molar refractivity (Wildman–Crippen MR) is 127 cm³/mol. The highest BCUT2D eigenvalue weighted by Gasteiger charge is 2.27. The van der Waals surface area contributed by atoms with Gasteiger partial charge >= 0.3 is 0 Å². The Morgan fingerprint density at radius 3 is 2.38 bits per heavy atom. The summed E-state index contributed by atoms with van der Waals surface area (Å²) in [5.41, 5.74) is 1.45. The lowest BCUT2D eigenvalue weighted by atomic mass is 10.0. The quantitative estimate of drug-likeness (QED) is 0.458. The molecule has 1 atom stereocenters. The van der Waals surface area contributed by atoms with Crippen LogP contribution in [-0.2, 0) is 4.79 Å². The fourth-order valence-electron chi connectivity index (χ4n) is 4.06. The van der Waals surface area contributed by atoms with Crippen LogP contribution < -0.4 is 16.2 Å². The maximum atomic E-state index is 13.5. The van der Waals surface area contributed by atoms with Gasteiger partial charge in [-0.05, 0) is 37.6 Å². The highest BCUT2D eigenvalue weighted by Crippen LogP contribution is 2.37. The monoisotopic (exact) mass is 443 g/mol. The van der Waals surface area contributed by atoms with Gasteiger partial charge in [0.05, 0.1) is 17.3 Å². The summed E-state index contributed by atoms with van der Waals surface area (Å²) in [4.78, 5) is 39.8. The first-order chi connectivity index (χ1) is 15.6. The fourth-order valence-corrected chi connectivity index (χ4v) is 5.27. The normalized spacial score (nSPS) is 15.7. The molecule has 1 saturated heterocycles. The molecule has 2 aromatic heterocycles. The largest absolute Gasteiger partial charge is 0.316 e. The number of carbonyl (C=O) groups is 2. The summed E-state index contributed by atoms with van der Waals surface area (Å²) < 4.78 is 1.59. The Hall–Kier alpha value is -3.55. The number of hydrogen-bond acceptors (Lipinski definition) is 5.